The highest BCUT2D eigenvalue weighted by molar-refractivity contribution is 5.98. The Hall–Kier alpha value is -4.77. The van der Waals surface area contributed by atoms with Gasteiger partial charge in [0.25, 0.3) is 11.6 Å². The number of carbonyl (C=O) groups excluding carboxylic acids is 1. The summed E-state index contributed by atoms with van der Waals surface area (Å²) in [4.78, 5) is 26.4. The number of azo groups is 1. The van der Waals surface area contributed by atoms with E-state index in [-0.39, 0.29) is 28.5 Å². The molecule has 0 spiro atoms. The lowest BCUT2D eigenvalue weighted by Crippen LogP contribution is -2.31. The summed E-state index contributed by atoms with van der Waals surface area (Å²) in [5.74, 6) is -0.188. The molecular weight excluding hydrogens is 500 g/mol. The fourth-order valence-corrected chi connectivity index (χ4v) is 4.72. The fraction of sp³-hybridized carbons (Fsp3) is 0.250. The fourth-order valence-electron chi connectivity index (χ4n) is 4.72. The Morgan fingerprint density at radius 1 is 1.08 bits per heavy atom. The van der Waals surface area contributed by atoms with Gasteiger partial charge in [-0.25, -0.2) is 0 Å². The van der Waals surface area contributed by atoms with Crippen molar-refractivity contribution < 1.29 is 19.6 Å². The highest BCUT2D eigenvalue weighted by atomic mass is 16.6. The van der Waals surface area contributed by atoms with Gasteiger partial charge in [0, 0.05) is 17.1 Å². The second-order valence-electron chi connectivity index (χ2n) is 9.29. The maximum absolute atomic E-state index is 12.9. The van der Waals surface area contributed by atoms with Crippen molar-refractivity contribution in [2.75, 3.05) is 25.5 Å². The van der Waals surface area contributed by atoms with Crippen molar-refractivity contribution in [3.63, 3.8) is 0 Å². The Morgan fingerprint density at radius 2 is 1.82 bits per heavy atom. The second-order valence-corrected chi connectivity index (χ2v) is 9.29. The molecule has 3 aromatic carbocycles. The van der Waals surface area contributed by atoms with E-state index in [1.807, 2.05) is 24.3 Å². The summed E-state index contributed by atoms with van der Waals surface area (Å²) in [7, 11) is 1.55. The van der Waals surface area contributed by atoms with Crippen LogP contribution in [0, 0.1) is 10.1 Å². The van der Waals surface area contributed by atoms with E-state index >= 15 is 0 Å². The molecule has 11 heteroatoms. The molecule has 1 aliphatic heterocycles. The number of fused-ring (bicyclic) bond motifs is 1. The van der Waals surface area contributed by atoms with E-state index in [1.165, 1.54) is 18.6 Å². The molecule has 0 bridgehead atoms. The van der Waals surface area contributed by atoms with Gasteiger partial charge in [0.15, 0.2) is 5.69 Å². The largest absolute Gasteiger partial charge is 0.497 e. The number of hydrogen-bond acceptors (Lipinski definition) is 8. The van der Waals surface area contributed by atoms with Crippen molar-refractivity contribution in [2.45, 2.75) is 25.9 Å². The SMILES string of the molecule is COc1ccc(Nc2ccc(C(=O)N=Nc3c(O)n(CN4CCCCC4)c4ccccc34)cc2[N+](=O)[O-])cc1. The highest BCUT2D eigenvalue weighted by Gasteiger charge is 2.21. The smallest absolute Gasteiger partial charge is 0.295 e. The topological polar surface area (TPSA) is 135 Å². The standard InChI is InChI=1S/C28H28N6O5/c1-39-21-12-10-20(11-13-21)29-23-14-9-19(17-25(23)34(37)38)27(35)31-30-26-22-7-3-4-8-24(22)33(28(26)36)18-32-15-5-2-6-16-32/h3-4,7-14,17,29,36H,2,5-6,15-16,18H2,1H3. The monoisotopic (exact) mass is 528 g/mol. The molecule has 5 rings (SSSR count). The number of aromatic hydroxyl groups is 1. The maximum Gasteiger partial charge on any atom is 0.295 e. The summed E-state index contributed by atoms with van der Waals surface area (Å²) in [6.45, 7) is 2.40. The number of ether oxygens (including phenoxy) is 1. The third-order valence-corrected chi connectivity index (χ3v) is 6.76. The number of nitrogens with one attached hydrogen (secondary N) is 1. The zero-order valence-electron chi connectivity index (χ0n) is 21.4. The Morgan fingerprint density at radius 3 is 2.54 bits per heavy atom. The lowest BCUT2D eigenvalue weighted by molar-refractivity contribution is -0.383. The van der Waals surface area contributed by atoms with Crippen LogP contribution >= 0.6 is 0 Å². The van der Waals surface area contributed by atoms with Crippen LogP contribution in [-0.2, 0) is 6.67 Å². The Labute approximate surface area is 224 Å². The van der Waals surface area contributed by atoms with Gasteiger partial charge in [-0.15, -0.1) is 10.2 Å². The molecule has 4 aromatic rings. The molecule has 1 aliphatic rings. The number of nitrogens with zero attached hydrogens (tertiary/aromatic N) is 5. The molecule has 200 valence electrons. The molecule has 1 aromatic heterocycles. The maximum atomic E-state index is 12.9. The third kappa shape index (κ3) is 5.58. The predicted molar refractivity (Wildman–Crippen MR) is 147 cm³/mol. The minimum Gasteiger partial charge on any atom is -0.497 e. The number of amides is 1. The van der Waals surface area contributed by atoms with E-state index in [0.717, 1.165) is 37.5 Å². The van der Waals surface area contributed by atoms with E-state index in [2.05, 4.69) is 20.4 Å². The van der Waals surface area contributed by atoms with E-state index < -0.39 is 10.8 Å². The molecule has 39 heavy (non-hydrogen) atoms. The van der Waals surface area contributed by atoms with Crippen LogP contribution in [0.4, 0.5) is 22.7 Å². The van der Waals surface area contributed by atoms with E-state index in [4.69, 9.17) is 4.74 Å². The number of anilines is 2. The summed E-state index contributed by atoms with van der Waals surface area (Å²) in [6.07, 6.45) is 3.43. The highest BCUT2D eigenvalue weighted by Crippen LogP contribution is 2.39. The molecule has 1 fully saturated rings. The first kappa shape index (κ1) is 25.9. The van der Waals surface area contributed by atoms with Gasteiger partial charge in [0.2, 0.25) is 5.88 Å². The molecule has 0 atom stereocenters. The normalized spacial score (nSPS) is 14.1. The zero-order chi connectivity index (χ0) is 27.4. The molecule has 0 aliphatic carbocycles. The first-order chi connectivity index (χ1) is 18.9. The molecule has 2 N–H and O–H groups in total. The second kappa shape index (κ2) is 11.3. The molecule has 0 radical (unpaired) electrons. The third-order valence-electron chi connectivity index (χ3n) is 6.76. The minimum atomic E-state index is -0.763. The number of hydrogen-bond donors (Lipinski definition) is 2. The van der Waals surface area contributed by atoms with E-state index in [9.17, 15) is 20.0 Å². The first-order valence-corrected chi connectivity index (χ1v) is 12.6. The quantitative estimate of drug-likeness (QED) is 0.154. The van der Waals surface area contributed by atoms with Gasteiger partial charge < -0.3 is 15.2 Å². The average Bonchev–Trinajstić information content (AvgIpc) is 3.23. The number of likely N-dealkylation sites (tertiary alicyclic amines) is 1. The van der Waals surface area contributed by atoms with Crippen molar-refractivity contribution in [3.8, 4) is 11.6 Å². The molecule has 0 unspecified atom stereocenters. The van der Waals surface area contributed by atoms with Crippen LogP contribution < -0.4 is 10.1 Å². The van der Waals surface area contributed by atoms with Gasteiger partial charge in [0.1, 0.15) is 11.4 Å². The van der Waals surface area contributed by atoms with Gasteiger partial charge in [-0.1, -0.05) is 24.6 Å². The lowest BCUT2D eigenvalue weighted by Gasteiger charge is -2.27. The molecule has 0 saturated carbocycles. The van der Waals surface area contributed by atoms with Crippen LogP contribution in [0.1, 0.15) is 29.6 Å². The van der Waals surface area contributed by atoms with Crippen LogP contribution in [0.15, 0.2) is 77.0 Å². The summed E-state index contributed by atoms with van der Waals surface area (Å²) >= 11 is 0. The van der Waals surface area contributed by atoms with Crippen LogP contribution in [0.5, 0.6) is 11.6 Å². The number of aromatic nitrogens is 1. The van der Waals surface area contributed by atoms with Gasteiger partial charge in [0.05, 0.1) is 29.8 Å². The van der Waals surface area contributed by atoms with E-state index in [0.29, 0.717) is 23.5 Å². The number of para-hydroxylation sites is 1. The number of rotatable bonds is 8. The molecule has 1 saturated heterocycles. The van der Waals surface area contributed by atoms with Crippen LogP contribution in [0.25, 0.3) is 10.9 Å². The Kier molecular flexibility index (Phi) is 7.50. The predicted octanol–water partition coefficient (Wildman–Crippen LogP) is 6.37. The number of carbonyl (C=O) groups is 1. The summed E-state index contributed by atoms with van der Waals surface area (Å²) < 4.78 is 6.90. The Bertz CT molecular complexity index is 1540. The van der Waals surface area contributed by atoms with Crippen molar-refractivity contribution in [3.05, 3.63) is 82.4 Å². The molecule has 11 nitrogen and oxygen atoms in total. The molecular formula is C28H28N6O5. The van der Waals surface area contributed by atoms with Crippen molar-refractivity contribution in [2.24, 2.45) is 10.2 Å². The van der Waals surface area contributed by atoms with Crippen molar-refractivity contribution in [1.82, 2.24) is 9.47 Å². The van der Waals surface area contributed by atoms with E-state index in [1.54, 1.807) is 35.9 Å². The summed E-state index contributed by atoms with van der Waals surface area (Å²) in [5, 5.41) is 34.3. The Balaban J connectivity index is 1.40. The number of methoxy groups -OCH3 is 1. The number of nitro benzene ring substituents is 1. The van der Waals surface area contributed by atoms with Crippen molar-refractivity contribution >= 4 is 39.6 Å². The van der Waals surface area contributed by atoms with Crippen molar-refractivity contribution in [1.29, 1.82) is 0 Å². The van der Waals surface area contributed by atoms with Crippen LogP contribution in [0.3, 0.4) is 0 Å². The molecule has 1 amide bonds. The summed E-state index contributed by atoms with van der Waals surface area (Å²) in [6, 6.07) is 18.4. The minimum absolute atomic E-state index is 0.00211. The summed E-state index contributed by atoms with van der Waals surface area (Å²) in [5.41, 5.74) is 1.52. The van der Waals surface area contributed by atoms with Gasteiger partial charge in [-0.2, -0.15) is 0 Å². The van der Waals surface area contributed by atoms with Gasteiger partial charge in [-0.3, -0.25) is 24.4 Å². The van der Waals surface area contributed by atoms with Crippen LogP contribution in [-0.4, -0.2) is 45.6 Å². The lowest BCUT2D eigenvalue weighted by atomic mass is 10.1. The van der Waals surface area contributed by atoms with Gasteiger partial charge in [-0.05, 0) is 68.4 Å². The number of nitro groups is 1. The zero-order valence-corrected chi connectivity index (χ0v) is 21.4. The average molecular weight is 529 g/mol. The number of piperidine rings is 1. The molecule has 2 heterocycles. The van der Waals surface area contributed by atoms with Crippen LogP contribution in [0.2, 0.25) is 0 Å². The number of benzene rings is 3. The van der Waals surface area contributed by atoms with Gasteiger partial charge >= 0.3 is 0 Å². The first-order valence-electron chi connectivity index (χ1n) is 12.6.